The number of hydrogen-bond acceptors (Lipinski definition) is 7. The fourth-order valence-corrected chi connectivity index (χ4v) is 7.90. The monoisotopic (exact) mass is 585 g/mol. The predicted octanol–water partition coefficient (Wildman–Crippen LogP) is 4.81. The summed E-state index contributed by atoms with van der Waals surface area (Å²) in [6, 6.07) is 14.9. The molecule has 2 aromatic carbocycles. The number of allylic oxidation sites excluding steroid dienone is 1. The lowest BCUT2D eigenvalue weighted by molar-refractivity contribution is -0.149. The molecule has 0 aliphatic heterocycles. The van der Waals surface area contributed by atoms with E-state index in [1.54, 1.807) is 25.4 Å². The van der Waals surface area contributed by atoms with Crippen molar-refractivity contribution in [2.75, 3.05) is 27.9 Å². The van der Waals surface area contributed by atoms with Crippen molar-refractivity contribution in [3.8, 4) is 11.5 Å². The molecule has 0 amide bonds. The molecule has 0 bridgehead atoms. The second-order valence-electron chi connectivity index (χ2n) is 11.4. The van der Waals surface area contributed by atoms with Gasteiger partial charge in [-0.25, -0.2) is 8.42 Å². The van der Waals surface area contributed by atoms with Crippen molar-refractivity contribution in [1.29, 1.82) is 0 Å². The summed E-state index contributed by atoms with van der Waals surface area (Å²) >= 11 is 0. The van der Waals surface area contributed by atoms with Crippen LogP contribution in [0.3, 0.4) is 0 Å². The minimum absolute atomic E-state index is 0.0402. The lowest BCUT2D eigenvalue weighted by Crippen LogP contribution is -2.44. The van der Waals surface area contributed by atoms with Crippen LogP contribution in [0, 0.1) is 29.6 Å². The van der Waals surface area contributed by atoms with Gasteiger partial charge in [0.05, 0.1) is 32.5 Å². The maximum Gasteiger partial charge on any atom is 0.313 e. The van der Waals surface area contributed by atoms with Gasteiger partial charge in [0, 0.05) is 19.7 Å². The third-order valence-electron chi connectivity index (χ3n) is 9.17. The average molecular weight is 586 g/mol. The fourth-order valence-electron chi connectivity index (χ4n) is 6.03. The van der Waals surface area contributed by atoms with Gasteiger partial charge in [-0.3, -0.25) is 4.79 Å². The number of aliphatic hydroxyl groups is 1. The van der Waals surface area contributed by atoms with Gasteiger partial charge in [-0.2, -0.15) is 4.31 Å². The predicted molar refractivity (Wildman–Crippen MR) is 158 cm³/mol. The van der Waals surface area contributed by atoms with Crippen LogP contribution in [0.15, 0.2) is 60.2 Å². The zero-order valence-electron chi connectivity index (χ0n) is 24.7. The first-order chi connectivity index (χ1) is 19.6. The first kappa shape index (κ1) is 31.1. The summed E-state index contributed by atoms with van der Waals surface area (Å²) < 4.78 is 45.5. The van der Waals surface area contributed by atoms with Crippen LogP contribution in [0.1, 0.15) is 44.2 Å². The number of methoxy groups -OCH3 is 3. The average Bonchev–Trinajstić information content (AvgIpc) is 2.94. The lowest BCUT2D eigenvalue weighted by atomic mass is 9.61. The quantitative estimate of drug-likeness (QED) is 0.251. The Bertz CT molecular complexity index is 1260. The van der Waals surface area contributed by atoms with Gasteiger partial charge < -0.3 is 19.3 Å². The third-order valence-corrected chi connectivity index (χ3v) is 11.5. The van der Waals surface area contributed by atoms with Crippen molar-refractivity contribution < 1.29 is 32.5 Å². The SMILES string of the molecule is COC(=O)[C@@H](C1=C[C@H]([C@H](C)[C@@H](C)S(=O)(=O)N(Cc2ccc(OC)cc2)Cc2ccc(OC)cc2)C1)[C@@H]1CC[C@H]1CO. The number of sulfonamides is 1. The normalized spacial score (nSPS) is 22.5. The Morgan fingerprint density at radius 1 is 0.927 bits per heavy atom. The molecule has 41 heavy (non-hydrogen) atoms. The van der Waals surface area contributed by atoms with E-state index >= 15 is 0 Å². The van der Waals surface area contributed by atoms with E-state index < -0.39 is 15.3 Å². The summed E-state index contributed by atoms with van der Waals surface area (Å²) in [5, 5.41) is 9.05. The van der Waals surface area contributed by atoms with E-state index in [1.165, 1.54) is 7.11 Å². The molecule has 4 rings (SSSR count). The molecule has 2 aliphatic carbocycles. The number of rotatable bonds is 14. The summed E-state index contributed by atoms with van der Waals surface area (Å²) in [4.78, 5) is 12.7. The van der Waals surface area contributed by atoms with Crippen molar-refractivity contribution in [2.24, 2.45) is 29.6 Å². The zero-order valence-corrected chi connectivity index (χ0v) is 25.5. The molecule has 0 radical (unpaired) electrons. The molecular weight excluding hydrogens is 542 g/mol. The number of carbonyl (C=O) groups excluding carboxylic acids is 1. The number of aliphatic hydroxyl groups excluding tert-OH is 1. The molecule has 0 saturated heterocycles. The Kier molecular flexibility index (Phi) is 10.2. The van der Waals surface area contributed by atoms with Gasteiger partial charge in [-0.05, 0) is 85.3 Å². The van der Waals surface area contributed by atoms with Gasteiger partial charge in [-0.15, -0.1) is 0 Å². The summed E-state index contributed by atoms with van der Waals surface area (Å²) in [6.07, 6.45) is 4.53. The molecule has 1 saturated carbocycles. The van der Waals surface area contributed by atoms with Gasteiger partial charge in [0.15, 0.2) is 0 Å². The maximum atomic E-state index is 14.1. The molecule has 9 heteroatoms. The minimum Gasteiger partial charge on any atom is -0.497 e. The summed E-state index contributed by atoms with van der Waals surface area (Å²) in [5.41, 5.74) is 2.75. The second-order valence-corrected chi connectivity index (χ2v) is 13.7. The van der Waals surface area contributed by atoms with Crippen molar-refractivity contribution in [3.05, 3.63) is 71.3 Å². The van der Waals surface area contributed by atoms with Crippen LogP contribution < -0.4 is 9.47 Å². The topological polar surface area (TPSA) is 102 Å². The van der Waals surface area contributed by atoms with Crippen molar-refractivity contribution in [2.45, 2.75) is 51.4 Å². The van der Waals surface area contributed by atoms with E-state index in [9.17, 15) is 18.3 Å². The molecule has 2 aromatic rings. The Hall–Kier alpha value is -2.88. The van der Waals surface area contributed by atoms with Gasteiger partial charge in [0.1, 0.15) is 11.5 Å². The van der Waals surface area contributed by atoms with Crippen LogP contribution >= 0.6 is 0 Å². The van der Waals surface area contributed by atoms with Gasteiger partial charge in [0.25, 0.3) is 0 Å². The Morgan fingerprint density at radius 2 is 1.44 bits per heavy atom. The maximum absolute atomic E-state index is 14.1. The smallest absolute Gasteiger partial charge is 0.313 e. The third kappa shape index (κ3) is 6.79. The Labute approximate surface area is 244 Å². The largest absolute Gasteiger partial charge is 0.497 e. The molecule has 0 unspecified atom stereocenters. The highest BCUT2D eigenvalue weighted by Crippen LogP contribution is 2.48. The minimum atomic E-state index is -3.71. The highest BCUT2D eigenvalue weighted by molar-refractivity contribution is 7.89. The summed E-state index contributed by atoms with van der Waals surface area (Å²) in [6.45, 7) is 4.29. The number of benzene rings is 2. The molecule has 0 heterocycles. The highest BCUT2D eigenvalue weighted by atomic mass is 32.2. The van der Waals surface area contributed by atoms with E-state index in [1.807, 2.05) is 55.5 Å². The Morgan fingerprint density at radius 3 is 1.83 bits per heavy atom. The van der Waals surface area contributed by atoms with Crippen LogP contribution in [0.5, 0.6) is 11.5 Å². The Balaban J connectivity index is 1.53. The molecule has 1 N–H and O–H groups in total. The van der Waals surface area contributed by atoms with E-state index in [0.29, 0.717) is 17.9 Å². The van der Waals surface area contributed by atoms with Gasteiger partial charge in [0.2, 0.25) is 10.0 Å². The molecule has 224 valence electrons. The standard InChI is InChI=1S/C32H43NO7S/c1-21(26-16-27(17-26)31(32(35)40-5)30-15-10-25(30)20-34)22(2)41(36,37)33(18-23-6-11-28(38-3)12-7-23)19-24-8-13-29(39-4)14-9-24/h6-9,11-14,16,21-22,25-26,30-31,34H,10,15,17-20H2,1-5H3/t21-,22-,25+,26+,30-,31+/m1/s1. The van der Waals surface area contributed by atoms with Gasteiger partial charge >= 0.3 is 5.97 Å². The fraction of sp³-hybridized carbons (Fsp3) is 0.531. The van der Waals surface area contributed by atoms with Crippen LogP contribution in [-0.4, -0.2) is 57.0 Å². The number of hydrogen-bond donors (Lipinski definition) is 1. The molecule has 6 atom stereocenters. The van der Waals surface area contributed by atoms with E-state index in [2.05, 4.69) is 6.08 Å². The number of ether oxygens (including phenoxy) is 3. The molecular formula is C32H43NO7S. The summed E-state index contributed by atoms with van der Waals surface area (Å²) in [5.74, 6) is 0.875. The molecule has 2 aliphatic rings. The molecule has 0 spiro atoms. The van der Waals surface area contributed by atoms with Crippen LogP contribution in [0.25, 0.3) is 0 Å². The van der Waals surface area contributed by atoms with Crippen LogP contribution in [0.2, 0.25) is 0 Å². The van der Waals surface area contributed by atoms with Crippen LogP contribution in [-0.2, 0) is 32.6 Å². The highest BCUT2D eigenvalue weighted by Gasteiger charge is 2.46. The van der Waals surface area contributed by atoms with E-state index in [4.69, 9.17) is 14.2 Å². The second kappa shape index (κ2) is 13.4. The number of esters is 1. The van der Waals surface area contributed by atoms with Crippen molar-refractivity contribution in [3.63, 3.8) is 0 Å². The molecule has 1 fully saturated rings. The molecule has 0 aromatic heterocycles. The van der Waals surface area contributed by atoms with Crippen molar-refractivity contribution in [1.82, 2.24) is 4.31 Å². The number of carbonyl (C=O) groups is 1. The molecule has 8 nitrogen and oxygen atoms in total. The zero-order chi connectivity index (χ0) is 29.7. The first-order valence-corrected chi connectivity index (χ1v) is 15.8. The van der Waals surface area contributed by atoms with E-state index in [-0.39, 0.29) is 55.3 Å². The van der Waals surface area contributed by atoms with Gasteiger partial charge in [-0.1, -0.05) is 42.8 Å². The van der Waals surface area contributed by atoms with Crippen LogP contribution in [0.4, 0.5) is 0 Å². The lowest BCUT2D eigenvalue weighted by Gasteiger charge is -2.44. The number of nitrogens with zero attached hydrogens (tertiary/aromatic N) is 1. The summed E-state index contributed by atoms with van der Waals surface area (Å²) in [7, 11) is 0.886. The van der Waals surface area contributed by atoms with Crippen molar-refractivity contribution >= 4 is 16.0 Å². The first-order valence-electron chi connectivity index (χ1n) is 14.3. The van der Waals surface area contributed by atoms with E-state index in [0.717, 1.165) is 29.5 Å².